The van der Waals surface area contributed by atoms with Crippen LogP contribution in [0.5, 0.6) is 0 Å². The molecule has 0 amide bonds. The largest absolute Gasteiger partial charge is 0.469 e. The summed E-state index contributed by atoms with van der Waals surface area (Å²) in [6.07, 6.45) is 1.65. The second-order valence-corrected chi connectivity index (χ2v) is 5.30. The Morgan fingerprint density at radius 3 is 3.00 bits per heavy atom. The molecular weight excluding hydrogens is 238 g/mol. The van der Waals surface area contributed by atoms with Gasteiger partial charge in [-0.15, -0.1) is 0 Å². The van der Waals surface area contributed by atoms with Gasteiger partial charge in [0.25, 0.3) is 0 Å². The monoisotopic (exact) mass is 255 g/mol. The third-order valence-corrected chi connectivity index (χ3v) is 4.01. The van der Waals surface area contributed by atoms with Gasteiger partial charge in [-0.05, 0) is 13.3 Å². The highest BCUT2D eigenvalue weighted by Crippen LogP contribution is 2.34. The maximum Gasteiger partial charge on any atom is 0.313 e. The van der Waals surface area contributed by atoms with E-state index in [1.165, 1.54) is 18.6 Å². The number of anilines is 1. The van der Waals surface area contributed by atoms with Crippen LogP contribution in [-0.4, -0.2) is 35.5 Å². The van der Waals surface area contributed by atoms with Crippen molar-refractivity contribution in [2.75, 3.05) is 25.1 Å². The van der Waals surface area contributed by atoms with Crippen LogP contribution in [0.15, 0.2) is 0 Å². The van der Waals surface area contributed by atoms with E-state index >= 15 is 0 Å². The number of hydrogen-bond donors (Lipinski definition) is 0. The zero-order valence-corrected chi connectivity index (χ0v) is 11.2. The second kappa shape index (κ2) is 4.60. The number of nitrogens with zero attached hydrogens (tertiary/aromatic N) is 3. The molecule has 1 atom stereocenters. The summed E-state index contributed by atoms with van der Waals surface area (Å²) in [6.45, 7) is 5.48. The van der Waals surface area contributed by atoms with Crippen LogP contribution in [0, 0.1) is 5.41 Å². The first-order valence-corrected chi connectivity index (χ1v) is 6.52. The third kappa shape index (κ3) is 2.26. The van der Waals surface area contributed by atoms with Crippen molar-refractivity contribution >= 4 is 22.6 Å². The highest BCUT2D eigenvalue weighted by Gasteiger charge is 2.42. The molecule has 5 nitrogen and oxygen atoms in total. The van der Waals surface area contributed by atoms with Gasteiger partial charge in [-0.2, -0.15) is 4.37 Å². The fraction of sp³-hybridized carbons (Fsp3) is 0.727. The Morgan fingerprint density at radius 2 is 2.41 bits per heavy atom. The number of methoxy groups -OCH3 is 1. The number of aryl methyl sites for hydroxylation is 1. The van der Waals surface area contributed by atoms with Crippen LogP contribution < -0.4 is 4.90 Å². The normalized spacial score (nSPS) is 24.1. The predicted octanol–water partition coefficient (Wildman–Crippen LogP) is 1.49. The first-order chi connectivity index (χ1) is 8.09. The van der Waals surface area contributed by atoms with Gasteiger partial charge in [0.15, 0.2) is 0 Å². The molecule has 0 N–H and O–H groups in total. The molecule has 6 heteroatoms. The SMILES string of the molecule is CCc1nsc(N2CCC(C)(C(=O)OC)C2)n1. The Kier molecular flexibility index (Phi) is 3.33. The van der Waals surface area contributed by atoms with Crippen molar-refractivity contribution in [2.24, 2.45) is 5.41 Å². The molecule has 0 aromatic carbocycles. The van der Waals surface area contributed by atoms with Crippen molar-refractivity contribution in [3.8, 4) is 0 Å². The predicted molar refractivity (Wildman–Crippen MR) is 66.2 cm³/mol. The molecule has 0 spiro atoms. The zero-order chi connectivity index (χ0) is 12.5. The summed E-state index contributed by atoms with van der Waals surface area (Å²) in [5, 5.41) is 0.912. The number of carbonyl (C=O) groups is 1. The van der Waals surface area contributed by atoms with Gasteiger partial charge in [-0.3, -0.25) is 4.79 Å². The Balaban J connectivity index is 2.09. The smallest absolute Gasteiger partial charge is 0.313 e. The highest BCUT2D eigenvalue weighted by molar-refractivity contribution is 7.09. The summed E-state index contributed by atoms with van der Waals surface area (Å²) in [5.41, 5.74) is -0.410. The Bertz CT molecular complexity index is 421. The van der Waals surface area contributed by atoms with E-state index in [-0.39, 0.29) is 5.97 Å². The molecule has 0 aliphatic carbocycles. The summed E-state index contributed by atoms with van der Waals surface area (Å²) in [4.78, 5) is 18.3. The minimum Gasteiger partial charge on any atom is -0.469 e. The van der Waals surface area contributed by atoms with Crippen LogP contribution >= 0.6 is 11.5 Å². The van der Waals surface area contributed by atoms with Crippen molar-refractivity contribution in [3.63, 3.8) is 0 Å². The van der Waals surface area contributed by atoms with Gasteiger partial charge in [0.05, 0.1) is 12.5 Å². The van der Waals surface area contributed by atoms with Gasteiger partial charge in [-0.25, -0.2) is 4.98 Å². The molecule has 1 saturated heterocycles. The van der Waals surface area contributed by atoms with Crippen LogP contribution in [-0.2, 0) is 16.0 Å². The van der Waals surface area contributed by atoms with E-state index in [4.69, 9.17) is 4.74 Å². The molecule has 17 heavy (non-hydrogen) atoms. The number of hydrogen-bond acceptors (Lipinski definition) is 6. The van der Waals surface area contributed by atoms with E-state index in [2.05, 4.69) is 14.3 Å². The molecular formula is C11H17N3O2S. The molecule has 1 aliphatic heterocycles. The standard InChI is InChI=1S/C11H17N3O2S/c1-4-8-12-10(17-13-8)14-6-5-11(2,7-14)9(15)16-3/h4-7H2,1-3H3. The van der Waals surface area contributed by atoms with Gasteiger partial charge in [0, 0.05) is 31.0 Å². The lowest BCUT2D eigenvalue weighted by atomic mass is 9.90. The number of ether oxygens (including phenoxy) is 1. The van der Waals surface area contributed by atoms with E-state index in [1.807, 2.05) is 13.8 Å². The molecule has 1 aliphatic rings. The second-order valence-electron chi connectivity index (χ2n) is 4.57. The molecule has 0 saturated carbocycles. The first kappa shape index (κ1) is 12.3. The summed E-state index contributed by atoms with van der Waals surface area (Å²) >= 11 is 1.40. The molecule has 2 rings (SSSR count). The van der Waals surface area contributed by atoms with Crippen LogP contribution in [0.2, 0.25) is 0 Å². The fourth-order valence-electron chi connectivity index (χ4n) is 2.05. The average Bonchev–Trinajstić information content (AvgIpc) is 2.94. The van der Waals surface area contributed by atoms with Gasteiger partial charge in [-0.1, -0.05) is 6.92 Å². The average molecular weight is 255 g/mol. The molecule has 1 fully saturated rings. The Hall–Kier alpha value is -1.17. The first-order valence-electron chi connectivity index (χ1n) is 5.75. The molecule has 2 heterocycles. The van der Waals surface area contributed by atoms with Gasteiger partial charge in [0.1, 0.15) is 5.82 Å². The van der Waals surface area contributed by atoms with Gasteiger partial charge < -0.3 is 9.64 Å². The van der Waals surface area contributed by atoms with Crippen molar-refractivity contribution in [1.29, 1.82) is 0 Å². The van der Waals surface area contributed by atoms with E-state index < -0.39 is 5.41 Å². The van der Waals surface area contributed by atoms with Gasteiger partial charge in [0.2, 0.25) is 5.13 Å². The quantitative estimate of drug-likeness (QED) is 0.766. The number of aromatic nitrogens is 2. The van der Waals surface area contributed by atoms with Crippen molar-refractivity contribution < 1.29 is 9.53 Å². The maximum atomic E-state index is 11.7. The molecule has 0 bridgehead atoms. The lowest BCUT2D eigenvalue weighted by Gasteiger charge is -2.20. The summed E-state index contributed by atoms with van der Waals surface area (Å²) in [5.74, 6) is 0.733. The summed E-state index contributed by atoms with van der Waals surface area (Å²) in [7, 11) is 1.44. The molecule has 94 valence electrons. The molecule has 0 radical (unpaired) electrons. The molecule has 1 aromatic heterocycles. The van der Waals surface area contributed by atoms with Crippen LogP contribution in [0.25, 0.3) is 0 Å². The Labute approximate surface area is 105 Å². The number of rotatable bonds is 3. The van der Waals surface area contributed by atoms with Crippen LogP contribution in [0.3, 0.4) is 0 Å². The maximum absolute atomic E-state index is 11.7. The minimum absolute atomic E-state index is 0.139. The Morgan fingerprint density at radius 1 is 1.65 bits per heavy atom. The van der Waals surface area contributed by atoms with Crippen molar-refractivity contribution in [3.05, 3.63) is 5.82 Å². The van der Waals surface area contributed by atoms with E-state index in [9.17, 15) is 4.79 Å². The van der Waals surface area contributed by atoms with E-state index in [1.54, 1.807) is 0 Å². The van der Waals surface area contributed by atoms with Gasteiger partial charge >= 0.3 is 5.97 Å². The van der Waals surface area contributed by atoms with E-state index in [0.29, 0.717) is 6.54 Å². The lowest BCUT2D eigenvalue weighted by molar-refractivity contribution is -0.150. The minimum atomic E-state index is -0.410. The number of carbonyl (C=O) groups excluding carboxylic acids is 1. The van der Waals surface area contributed by atoms with Crippen molar-refractivity contribution in [1.82, 2.24) is 9.36 Å². The van der Waals surface area contributed by atoms with Crippen molar-refractivity contribution in [2.45, 2.75) is 26.7 Å². The summed E-state index contributed by atoms with van der Waals surface area (Å²) in [6, 6.07) is 0. The van der Waals surface area contributed by atoms with E-state index in [0.717, 1.165) is 30.3 Å². The zero-order valence-electron chi connectivity index (χ0n) is 10.4. The third-order valence-electron chi connectivity index (χ3n) is 3.20. The summed E-state index contributed by atoms with van der Waals surface area (Å²) < 4.78 is 9.11. The lowest BCUT2D eigenvalue weighted by Crippen LogP contribution is -2.32. The molecule has 1 unspecified atom stereocenters. The highest BCUT2D eigenvalue weighted by atomic mass is 32.1. The van der Waals surface area contributed by atoms with Crippen LogP contribution in [0.4, 0.5) is 5.13 Å². The van der Waals surface area contributed by atoms with Crippen LogP contribution in [0.1, 0.15) is 26.1 Å². The fourth-order valence-corrected chi connectivity index (χ4v) is 2.83. The molecule has 1 aromatic rings. The topological polar surface area (TPSA) is 55.3 Å². The number of esters is 1.